The molecule has 23 heavy (non-hydrogen) atoms. The highest BCUT2D eigenvalue weighted by Gasteiger charge is 2.41. The van der Waals surface area contributed by atoms with Crippen molar-refractivity contribution in [2.24, 2.45) is 0 Å². The van der Waals surface area contributed by atoms with E-state index in [0.717, 1.165) is 25.7 Å². The molecule has 1 aliphatic rings. The summed E-state index contributed by atoms with van der Waals surface area (Å²) in [4.78, 5) is 15.7. The third kappa shape index (κ3) is 3.85. The number of carbonyl (C=O) groups is 1. The van der Waals surface area contributed by atoms with E-state index < -0.39 is 17.5 Å². The average Bonchev–Trinajstić information content (AvgIpc) is 2.53. The van der Waals surface area contributed by atoms with Gasteiger partial charge in [0.05, 0.1) is 18.4 Å². The maximum Gasteiger partial charge on any atom is 0.455 e. The van der Waals surface area contributed by atoms with Gasteiger partial charge in [0.2, 0.25) is 0 Å². The molecule has 0 bridgehead atoms. The Morgan fingerprint density at radius 3 is 2.48 bits per heavy atom. The van der Waals surface area contributed by atoms with Crippen molar-refractivity contribution in [1.29, 1.82) is 0 Å². The van der Waals surface area contributed by atoms with Gasteiger partial charge in [0.15, 0.2) is 5.75 Å². The molecular formula is C16H19F3N2O2. The first-order chi connectivity index (χ1) is 10.9. The molecule has 1 aliphatic heterocycles. The molecule has 0 aromatic heterocycles. The van der Waals surface area contributed by atoms with Gasteiger partial charge in [0.1, 0.15) is 0 Å². The van der Waals surface area contributed by atoms with Crippen molar-refractivity contribution in [2.45, 2.75) is 6.18 Å². The van der Waals surface area contributed by atoms with Gasteiger partial charge in [-0.3, -0.25) is 9.69 Å². The smallest absolute Gasteiger partial charge is 0.455 e. The van der Waals surface area contributed by atoms with Crippen LogP contribution in [0.15, 0.2) is 30.9 Å². The van der Waals surface area contributed by atoms with Crippen LogP contribution in [0.25, 0.3) is 0 Å². The number of Topliss-reactive ketones (excluding diaryl/α,β-unsaturated/α-hetero) is 1. The fourth-order valence-electron chi connectivity index (χ4n) is 2.67. The largest absolute Gasteiger partial charge is 0.494 e. The minimum atomic E-state index is -4.92. The third-order valence-electron chi connectivity index (χ3n) is 3.80. The zero-order valence-electron chi connectivity index (χ0n) is 12.9. The predicted octanol–water partition coefficient (Wildman–Crippen LogP) is 2.75. The van der Waals surface area contributed by atoms with E-state index in [-0.39, 0.29) is 5.75 Å². The summed E-state index contributed by atoms with van der Waals surface area (Å²) < 4.78 is 43.3. The minimum Gasteiger partial charge on any atom is -0.494 e. The van der Waals surface area contributed by atoms with Gasteiger partial charge in [-0.05, 0) is 12.1 Å². The highest BCUT2D eigenvalue weighted by Crippen LogP contribution is 2.36. The van der Waals surface area contributed by atoms with E-state index in [1.807, 2.05) is 11.0 Å². The van der Waals surface area contributed by atoms with Gasteiger partial charge in [-0.2, -0.15) is 13.2 Å². The first-order valence-electron chi connectivity index (χ1n) is 7.25. The van der Waals surface area contributed by atoms with E-state index in [4.69, 9.17) is 4.74 Å². The van der Waals surface area contributed by atoms with Crippen LogP contribution in [-0.2, 0) is 0 Å². The second-order valence-corrected chi connectivity index (χ2v) is 5.26. The van der Waals surface area contributed by atoms with Crippen LogP contribution in [0.1, 0.15) is 10.4 Å². The molecule has 1 aromatic carbocycles. The molecule has 2 rings (SSSR count). The van der Waals surface area contributed by atoms with Crippen molar-refractivity contribution >= 4 is 11.5 Å². The predicted molar refractivity (Wildman–Crippen MR) is 82.2 cm³/mol. The van der Waals surface area contributed by atoms with Crippen LogP contribution in [0.5, 0.6) is 5.75 Å². The lowest BCUT2D eigenvalue weighted by atomic mass is 10.1. The van der Waals surface area contributed by atoms with Crippen molar-refractivity contribution in [3.63, 3.8) is 0 Å². The number of rotatable bonds is 5. The summed E-state index contributed by atoms with van der Waals surface area (Å²) in [5.41, 5.74) is 0.0619. The Kier molecular flexibility index (Phi) is 5.30. The topological polar surface area (TPSA) is 32.8 Å². The van der Waals surface area contributed by atoms with E-state index in [1.165, 1.54) is 13.2 Å². The molecule has 0 amide bonds. The Morgan fingerprint density at radius 1 is 1.30 bits per heavy atom. The highest BCUT2D eigenvalue weighted by molar-refractivity contribution is 6.04. The Hall–Kier alpha value is -2.02. The number of para-hydroxylation sites is 1. The summed E-state index contributed by atoms with van der Waals surface area (Å²) in [5, 5.41) is 0. The fourth-order valence-corrected chi connectivity index (χ4v) is 2.67. The number of halogens is 3. The standard InChI is InChI=1S/C16H19F3N2O2/c1-3-7-20-8-10-21(11-9-20)13-6-4-5-12(14(13)23-2)15(22)16(17,18)19/h3-6H,1,7-11H2,2H3. The first-order valence-corrected chi connectivity index (χ1v) is 7.25. The molecule has 4 nitrogen and oxygen atoms in total. The zero-order chi connectivity index (χ0) is 17.0. The highest BCUT2D eigenvalue weighted by atomic mass is 19.4. The monoisotopic (exact) mass is 328 g/mol. The van der Waals surface area contributed by atoms with Crippen molar-refractivity contribution < 1.29 is 22.7 Å². The number of ketones is 1. The Labute approximate surface area is 133 Å². The van der Waals surface area contributed by atoms with Crippen molar-refractivity contribution in [3.05, 3.63) is 36.4 Å². The molecule has 0 saturated carbocycles. The quantitative estimate of drug-likeness (QED) is 0.615. The lowest BCUT2D eigenvalue weighted by Crippen LogP contribution is -2.46. The van der Waals surface area contributed by atoms with Crippen LogP contribution >= 0.6 is 0 Å². The van der Waals surface area contributed by atoms with Crippen molar-refractivity contribution in [1.82, 2.24) is 4.90 Å². The number of piperazine rings is 1. The molecule has 1 fully saturated rings. The lowest BCUT2D eigenvalue weighted by molar-refractivity contribution is -0.0886. The number of benzene rings is 1. The number of hydrogen-bond acceptors (Lipinski definition) is 4. The Bertz CT molecular complexity index is 579. The maximum absolute atomic E-state index is 12.7. The van der Waals surface area contributed by atoms with Gasteiger partial charge in [-0.15, -0.1) is 6.58 Å². The van der Waals surface area contributed by atoms with Crippen LogP contribution in [-0.4, -0.2) is 56.7 Å². The Balaban J connectivity index is 2.27. The summed E-state index contributed by atoms with van der Waals surface area (Å²) in [6.45, 7) is 7.30. The minimum absolute atomic E-state index is 0.0213. The van der Waals surface area contributed by atoms with Crippen molar-refractivity contribution in [3.8, 4) is 5.75 Å². The molecule has 1 heterocycles. The summed E-state index contributed by atoms with van der Waals surface area (Å²) in [6.07, 6.45) is -3.10. The second kappa shape index (κ2) is 7.04. The normalized spacial score (nSPS) is 16.3. The Morgan fingerprint density at radius 2 is 1.96 bits per heavy atom. The van der Waals surface area contributed by atoms with Gasteiger partial charge in [-0.25, -0.2) is 0 Å². The summed E-state index contributed by atoms with van der Waals surface area (Å²) >= 11 is 0. The SMILES string of the molecule is C=CCN1CCN(c2cccc(C(=O)C(F)(F)F)c2OC)CC1. The van der Waals surface area contributed by atoms with Gasteiger partial charge in [0.25, 0.3) is 5.78 Å². The molecule has 0 radical (unpaired) electrons. The van der Waals surface area contributed by atoms with Crippen LogP contribution in [0.3, 0.4) is 0 Å². The zero-order valence-corrected chi connectivity index (χ0v) is 12.9. The van der Waals surface area contributed by atoms with Gasteiger partial charge >= 0.3 is 6.18 Å². The molecule has 0 spiro atoms. The van der Waals surface area contributed by atoms with Gasteiger partial charge in [-0.1, -0.05) is 12.1 Å². The van der Waals surface area contributed by atoms with Crippen LogP contribution in [0, 0.1) is 0 Å². The van der Waals surface area contributed by atoms with E-state index in [9.17, 15) is 18.0 Å². The number of carbonyl (C=O) groups excluding carboxylic acids is 1. The molecule has 1 aromatic rings. The van der Waals surface area contributed by atoms with Crippen molar-refractivity contribution in [2.75, 3.05) is 44.7 Å². The number of ether oxygens (including phenoxy) is 1. The fraction of sp³-hybridized carbons (Fsp3) is 0.438. The summed E-state index contributed by atoms with van der Waals surface area (Å²) in [5.74, 6) is -1.91. The molecular weight excluding hydrogens is 309 g/mol. The molecule has 7 heteroatoms. The van der Waals surface area contributed by atoms with Gasteiger partial charge < -0.3 is 9.64 Å². The molecule has 0 atom stereocenters. The summed E-state index contributed by atoms with van der Waals surface area (Å²) in [6, 6.07) is 4.27. The molecule has 0 N–H and O–H groups in total. The molecule has 1 saturated heterocycles. The molecule has 126 valence electrons. The van der Waals surface area contributed by atoms with E-state index in [0.29, 0.717) is 18.8 Å². The first kappa shape index (κ1) is 17.3. The van der Waals surface area contributed by atoms with Gasteiger partial charge in [0, 0.05) is 32.7 Å². The third-order valence-corrected chi connectivity index (χ3v) is 3.80. The number of anilines is 1. The average molecular weight is 328 g/mol. The van der Waals surface area contributed by atoms with E-state index in [1.54, 1.807) is 6.07 Å². The lowest BCUT2D eigenvalue weighted by Gasteiger charge is -2.36. The maximum atomic E-state index is 12.7. The van der Waals surface area contributed by atoms with E-state index in [2.05, 4.69) is 11.5 Å². The molecule has 0 unspecified atom stereocenters. The van der Waals surface area contributed by atoms with Crippen LogP contribution in [0.4, 0.5) is 18.9 Å². The number of methoxy groups -OCH3 is 1. The molecule has 0 aliphatic carbocycles. The second-order valence-electron chi connectivity index (χ2n) is 5.26. The summed E-state index contributed by atoms with van der Waals surface area (Å²) in [7, 11) is 1.28. The number of hydrogen-bond donors (Lipinski definition) is 0. The van der Waals surface area contributed by atoms with Crippen LogP contribution < -0.4 is 9.64 Å². The van der Waals surface area contributed by atoms with E-state index >= 15 is 0 Å². The number of nitrogens with zero attached hydrogens (tertiary/aromatic N) is 2. The van der Waals surface area contributed by atoms with Crippen LogP contribution in [0.2, 0.25) is 0 Å². The number of alkyl halides is 3.